The second kappa shape index (κ2) is 8.72. The first-order valence-corrected chi connectivity index (χ1v) is 9.03. The number of hydrogen-bond donors (Lipinski definition) is 0. The number of fused-ring (bicyclic) bond motifs is 1. The van der Waals surface area contributed by atoms with Crippen LogP contribution < -0.4 is 0 Å². The van der Waals surface area contributed by atoms with Crippen LogP contribution in [-0.2, 0) is 22.5 Å². The maximum atomic E-state index is 12.4. The zero-order valence-corrected chi connectivity index (χ0v) is 15.4. The first kappa shape index (κ1) is 18.3. The van der Waals surface area contributed by atoms with Crippen molar-refractivity contribution in [2.75, 3.05) is 13.7 Å². The van der Waals surface area contributed by atoms with Gasteiger partial charge in [0.25, 0.3) is 0 Å². The van der Waals surface area contributed by atoms with Crippen molar-refractivity contribution >= 4 is 16.7 Å². The molecule has 3 rings (SSSR count). The maximum Gasteiger partial charge on any atom is 0.139 e. The summed E-state index contributed by atoms with van der Waals surface area (Å²) in [5, 5.41) is 5.44. The van der Waals surface area contributed by atoms with E-state index in [1.807, 2.05) is 41.3 Å². The molecular weight excluding hydrogens is 326 g/mol. The first-order valence-electron chi connectivity index (χ1n) is 9.03. The highest BCUT2D eigenvalue weighted by atomic mass is 16.5. The summed E-state index contributed by atoms with van der Waals surface area (Å²) in [4.78, 5) is 16.9. The largest absolute Gasteiger partial charge is 0.385 e. The number of hydrogen-bond acceptors (Lipinski definition) is 4. The molecule has 1 aromatic carbocycles. The Hall–Kier alpha value is -2.53. The molecule has 0 spiro atoms. The SMILES string of the molecule is COCCCn1ncc2cc(CC(=O)C[C@H](C)c3ccccc3)ncc21. The standard InChI is InChI=1S/C21H25N3O2/c1-16(17-7-4-3-5-8-17)11-20(25)13-19-12-18-14-23-24(9-6-10-26-2)21(18)15-22-19/h3-5,7-8,12,14-16H,6,9-11,13H2,1-2H3/t16-/m0/s1. The Morgan fingerprint density at radius 2 is 2.04 bits per heavy atom. The van der Waals surface area contributed by atoms with Crippen molar-refractivity contribution < 1.29 is 9.53 Å². The van der Waals surface area contributed by atoms with E-state index in [0.717, 1.165) is 29.6 Å². The van der Waals surface area contributed by atoms with Gasteiger partial charge < -0.3 is 4.74 Å². The maximum absolute atomic E-state index is 12.4. The molecule has 5 heteroatoms. The molecule has 0 unspecified atom stereocenters. The van der Waals surface area contributed by atoms with E-state index in [2.05, 4.69) is 29.1 Å². The van der Waals surface area contributed by atoms with Crippen molar-refractivity contribution in [2.24, 2.45) is 0 Å². The topological polar surface area (TPSA) is 57.0 Å². The van der Waals surface area contributed by atoms with Gasteiger partial charge in [-0.3, -0.25) is 14.5 Å². The molecule has 0 aliphatic carbocycles. The average Bonchev–Trinajstić information content (AvgIpc) is 3.05. The minimum Gasteiger partial charge on any atom is -0.385 e. The molecule has 0 aliphatic rings. The van der Waals surface area contributed by atoms with Gasteiger partial charge in [0.1, 0.15) is 5.78 Å². The number of carbonyl (C=O) groups is 1. The molecule has 136 valence electrons. The van der Waals surface area contributed by atoms with Gasteiger partial charge in [-0.05, 0) is 24.0 Å². The molecule has 0 saturated heterocycles. The predicted octanol–water partition coefficient (Wildman–Crippen LogP) is 3.77. The molecule has 1 atom stereocenters. The quantitative estimate of drug-likeness (QED) is 0.551. The number of rotatable bonds is 9. The summed E-state index contributed by atoms with van der Waals surface area (Å²) in [6.45, 7) is 3.60. The van der Waals surface area contributed by atoms with E-state index in [1.54, 1.807) is 7.11 Å². The van der Waals surface area contributed by atoms with Crippen LogP contribution in [-0.4, -0.2) is 34.3 Å². The van der Waals surface area contributed by atoms with Crippen LogP contribution >= 0.6 is 0 Å². The number of aromatic nitrogens is 3. The zero-order chi connectivity index (χ0) is 18.4. The lowest BCUT2D eigenvalue weighted by Gasteiger charge is -2.10. The number of nitrogens with zero attached hydrogens (tertiary/aromatic N) is 3. The molecule has 0 bridgehead atoms. The molecule has 0 fully saturated rings. The van der Waals surface area contributed by atoms with E-state index in [1.165, 1.54) is 5.56 Å². The fourth-order valence-electron chi connectivity index (χ4n) is 3.17. The molecule has 26 heavy (non-hydrogen) atoms. The lowest BCUT2D eigenvalue weighted by molar-refractivity contribution is -0.118. The zero-order valence-electron chi connectivity index (χ0n) is 15.4. The van der Waals surface area contributed by atoms with Crippen molar-refractivity contribution in [1.29, 1.82) is 0 Å². The van der Waals surface area contributed by atoms with Crippen LogP contribution in [0.5, 0.6) is 0 Å². The molecule has 0 saturated carbocycles. The van der Waals surface area contributed by atoms with Crippen LogP contribution in [0.1, 0.15) is 36.9 Å². The average molecular weight is 351 g/mol. The van der Waals surface area contributed by atoms with Gasteiger partial charge in [-0.15, -0.1) is 0 Å². The third-order valence-corrected chi connectivity index (χ3v) is 4.58. The summed E-state index contributed by atoms with van der Waals surface area (Å²) in [7, 11) is 1.70. The Bertz CT molecular complexity index is 858. The smallest absolute Gasteiger partial charge is 0.139 e. The Kier molecular flexibility index (Phi) is 6.12. The van der Waals surface area contributed by atoms with Crippen LogP contribution in [0.4, 0.5) is 0 Å². The minimum absolute atomic E-state index is 0.209. The summed E-state index contributed by atoms with van der Waals surface area (Å²) in [6.07, 6.45) is 5.45. The van der Waals surface area contributed by atoms with Crippen LogP contribution in [0.3, 0.4) is 0 Å². The third kappa shape index (κ3) is 4.55. The van der Waals surface area contributed by atoms with Gasteiger partial charge >= 0.3 is 0 Å². The van der Waals surface area contributed by atoms with Crippen LogP contribution in [0, 0.1) is 0 Å². The number of carbonyl (C=O) groups excluding carboxylic acids is 1. The molecule has 0 N–H and O–H groups in total. The van der Waals surface area contributed by atoms with E-state index < -0.39 is 0 Å². The summed E-state index contributed by atoms with van der Waals surface area (Å²) in [5.74, 6) is 0.427. The molecule has 0 amide bonds. The molecule has 0 radical (unpaired) electrons. The van der Waals surface area contributed by atoms with Crippen molar-refractivity contribution in [3.63, 3.8) is 0 Å². The van der Waals surface area contributed by atoms with Crippen molar-refractivity contribution in [1.82, 2.24) is 14.8 Å². The molecular formula is C21H25N3O2. The predicted molar refractivity (Wildman–Crippen MR) is 102 cm³/mol. The normalized spacial score (nSPS) is 12.4. The Balaban J connectivity index is 1.62. The van der Waals surface area contributed by atoms with Crippen LogP contribution in [0.2, 0.25) is 0 Å². The van der Waals surface area contributed by atoms with Gasteiger partial charge in [0, 0.05) is 44.2 Å². The van der Waals surface area contributed by atoms with Gasteiger partial charge in [0.2, 0.25) is 0 Å². The number of ether oxygens (including phenoxy) is 1. The number of aryl methyl sites for hydroxylation is 1. The number of pyridine rings is 1. The highest BCUT2D eigenvalue weighted by Gasteiger charge is 2.13. The molecule has 5 nitrogen and oxygen atoms in total. The minimum atomic E-state index is 0.209. The lowest BCUT2D eigenvalue weighted by Crippen LogP contribution is -2.09. The van der Waals surface area contributed by atoms with E-state index >= 15 is 0 Å². The number of benzene rings is 1. The third-order valence-electron chi connectivity index (χ3n) is 4.58. The summed E-state index contributed by atoms with van der Waals surface area (Å²) in [5.41, 5.74) is 3.00. The number of Topliss-reactive ketones (excluding diaryl/α,β-unsaturated/α-hetero) is 1. The fourth-order valence-corrected chi connectivity index (χ4v) is 3.17. The van der Waals surface area contributed by atoms with E-state index in [4.69, 9.17) is 4.74 Å². The summed E-state index contributed by atoms with van der Waals surface area (Å²) in [6, 6.07) is 12.1. The molecule has 3 aromatic rings. The summed E-state index contributed by atoms with van der Waals surface area (Å²) < 4.78 is 7.02. The van der Waals surface area contributed by atoms with Gasteiger partial charge in [-0.2, -0.15) is 5.10 Å². The van der Waals surface area contributed by atoms with Gasteiger partial charge in [-0.1, -0.05) is 37.3 Å². The fraction of sp³-hybridized carbons (Fsp3) is 0.381. The molecule has 0 aliphatic heterocycles. The Labute approximate surface area is 154 Å². The highest BCUT2D eigenvalue weighted by Crippen LogP contribution is 2.20. The molecule has 2 aromatic heterocycles. The van der Waals surface area contributed by atoms with Crippen molar-refractivity contribution in [2.45, 2.75) is 38.6 Å². The Morgan fingerprint density at radius 1 is 1.23 bits per heavy atom. The van der Waals surface area contributed by atoms with Crippen molar-refractivity contribution in [3.05, 3.63) is 60.0 Å². The Morgan fingerprint density at radius 3 is 2.81 bits per heavy atom. The monoisotopic (exact) mass is 351 g/mol. The lowest BCUT2D eigenvalue weighted by atomic mass is 9.94. The van der Waals surface area contributed by atoms with Crippen LogP contribution in [0.25, 0.3) is 10.9 Å². The van der Waals surface area contributed by atoms with Gasteiger partial charge in [-0.25, -0.2) is 0 Å². The van der Waals surface area contributed by atoms with Gasteiger partial charge in [0.05, 0.1) is 17.9 Å². The first-order chi connectivity index (χ1) is 12.7. The van der Waals surface area contributed by atoms with Crippen molar-refractivity contribution in [3.8, 4) is 0 Å². The second-order valence-electron chi connectivity index (χ2n) is 6.68. The second-order valence-corrected chi connectivity index (χ2v) is 6.68. The van der Waals surface area contributed by atoms with E-state index in [9.17, 15) is 4.79 Å². The van der Waals surface area contributed by atoms with E-state index in [-0.39, 0.29) is 11.7 Å². The van der Waals surface area contributed by atoms with Gasteiger partial charge in [0.15, 0.2) is 0 Å². The highest BCUT2D eigenvalue weighted by molar-refractivity contribution is 5.83. The molecule has 2 heterocycles. The van der Waals surface area contributed by atoms with E-state index in [0.29, 0.717) is 19.4 Å². The number of methoxy groups -OCH3 is 1. The van der Waals surface area contributed by atoms with Crippen LogP contribution in [0.15, 0.2) is 48.8 Å². The number of ketones is 1. The summed E-state index contributed by atoms with van der Waals surface area (Å²) >= 11 is 0.